The first-order valence-electron chi connectivity index (χ1n) is 5.15. The van der Waals surface area contributed by atoms with E-state index in [-0.39, 0.29) is 16.4 Å². The third kappa shape index (κ3) is 3.48. The lowest BCUT2D eigenvalue weighted by Gasteiger charge is -2.21. The second-order valence-electron chi connectivity index (χ2n) is 4.03. The first-order chi connectivity index (χ1) is 8.14. The summed E-state index contributed by atoms with van der Waals surface area (Å²) in [6.45, 7) is 2.90. The maximum absolute atomic E-state index is 12.9. The number of Topliss-reactive ketones (excluding diaryl/α,β-unsaturated/α-hetero) is 1. The highest BCUT2D eigenvalue weighted by atomic mass is 79.9. The molecule has 0 aromatic heterocycles. The Labute approximate surface area is 116 Å². The van der Waals surface area contributed by atoms with Gasteiger partial charge >= 0.3 is 6.18 Å². The number of hydrogen-bond donors (Lipinski definition) is 0. The van der Waals surface area contributed by atoms with Gasteiger partial charge in [0.25, 0.3) is 0 Å². The molecular weight excluding hydrogens is 332 g/mol. The van der Waals surface area contributed by atoms with Crippen molar-refractivity contribution in [3.05, 3.63) is 34.3 Å². The van der Waals surface area contributed by atoms with Crippen LogP contribution in [0.4, 0.5) is 13.2 Å². The number of rotatable bonds is 3. The zero-order valence-corrected chi connectivity index (χ0v) is 12.0. The monoisotopic (exact) mass is 342 g/mol. The van der Waals surface area contributed by atoms with Gasteiger partial charge in [0, 0.05) is 10.9 Å². The van der Waals surface area contributed by atoms with Crippen LogP contribution in [0.15, 0.2) is 18.2 Å². The number of carbonyl (C=O) groups is 1. The fourth-order valence-corrected chi connectivity index (χ4v) is 2.14. The fourth-order valence-electron chi connectivity index (χ4n) is 1.68. The van der Waals surface area contributed by atoms with E-state index < -0.39 is 22.5 Å². The average molecular weight is 344 g/mol. The zero-order valence-electron chi connectivity index (χ0n) is 9.68. The van der Waals surface area contributed by atoms with E-state index in [0.29, 0.717) is 0 Å². The van der Waals surface area contributed by atoms with E-state index in [1.54, 1.807) is 6.92 Å². The van der Waals surface area contributed by atoms with E-state index in [4.69, 9.17) is 11.6 Å². The molecular formula is C12H11BrClF3O. The number of ketones is 1. The minimum atomic E-state index is -4.49. The van der Waals surface area contributed by atoms with Crippen molar-refractivity contribution in [2.75, 3.05) is 0 Å². The van der Waals surface area contributed by atoms with Gasteiger partial charge in [-0.3, -0.25) is 4.79 Å². The Morgan fingerprint density at radius 3 is 2.39 bits per heavy atom. The second kappa shape index (κ2) is 5.61. The lowest BCUT2D eigenvalue weighted by atomic mass is 9.91. The van der Waals surface area contributed by atoms with Gasteiger partial charge in [-0.2, -0.15) is 13.2 Å². The third-order valence-electron chi connectivity index (χ3n) is 2.64. The lowest BCUT2D eigenvalue weighted by molar-refractivity contribution is -0.138. The molecule has 1 nitrogen and oxygen atoms in total. The van der Waals surface area contributed by atoms with Gasteiger partial charge in [-0.15, -0.1) is 0 Å². The van der Waals surface area contributed by atoms with Gasteiger partial charge in [-0.25, -0.2) is 0 Å². The van der Waals surface area contributed by atoms with E-state index >= 15 is 0 Å². The first kappa shape index (κ1) is 15.5. The van der Waals surface area contributed by atoms with Gasteiger partial charge in [0.05, 0.1) is 10.4 Å². The average Bonchev–Trinajstić information content (AvgIpc) is 2.25. The third-order valence-corrected chi connectivity index (χ3v) is 4.31. The van der Waals surface area contributed by atoms with Gasteiger partial charge in [0.2, 0.25) is 0 Å². The van der Waals surface area contributed by atoms with Crippen LogP contribution in [0.5, 0.6) is 0 Å². The van der Waals surface area contributed by atoms with Crippen molar-refractivity contribution in [3.63, 3.8) is 0 Å². The van der Waals surface area contributed by atoms with Gasteiger partial charge in [0.15, 0.2) is 0 Å². The Bertz CT molecular complexity index is 459. The molecule has 0 N–H and O–H groups in total. The summed E-state index contributed by atoms with van der Waals surface area (Å²) in [5.41, 5.74) is -0.739. The topological polar surface area (TPSA) is 17.1 Å². The van der Waals surface area contributed by atoms with Crippen LogP contribution >= 0.6 is 27.5 Å². The predicted octanol–water partition coefficient (Wildman–Crippen LogP) is 4.81. The second-order valence-corrected chi connectivity index (χ2v) is 5.45. The van der Waals surface area contributed by atoms with Crippen molar-refractivity contribution in [2.24, 2.45) is 0 Å². The van der Waals surface area contributed by atoms with E-state index in [0.717, 1.165) is 6.07 Å². The summed E-state index contributed by atoms with van der Waals surface area (Å²) in [7, 11) is 0. The Morgan fingerprint density at radius 1 is 1.39 bits per heavy atom. The molecule has 0 radical (unpaired) electrons. The number of benzene rings is 1. The number of halogens is 5. The summed E-state index contributed by atoms with van der Waals surface area (Å²) >= 11 is 8.70. The molecule has 0 aliphatic carbocycles. The molecule has 0 fully saturated rings. The van der Waals surface area contributed by atoms with Gasteiger partial charge in [0.1, 0.15) is 5.78 Å². The maximum Gasteiger partial charge on any atom is 0.416 e. The molecule has 0 saturated carbocycles. The molecule has 1 rings (SSSR count). The van der Waals surface area contributed by atoms with Gasteiger partial charge in [-0.05, 0) is 24.6 Å². The zero-order chi connectivity index (χ0) is 14.1. The fraction of sp³-hybridized carbons (Fsp3) is 0.417. The molecule has 2 atom stereocenters. The van der Waals surface area contributed by atoms with Crippen LogP contribution in [0.2, 0.25) is 5.02 Å². The number of hydrogen-bond acceptors (Lipinski definition) is 1. The minimum Gasteiger partial charge on any atom is -0.299 e. The Hall–Kier alpha value is -0.550. The van der Waals surface area contributed by atoms with Crippen molar-refractivity contribution >= 4 is 33.3 Å². The number of carbonyl (C=O) groups excluding carboxylic acids is 1. The molecule has 0 bridgehead atoms. The van der Waals surface area contributed by atoms with Crippen LogP contribution in [0.1, 0.15) is 30.9 Å². The summed E-state index contributed by atoms with van der Waals surface area (Å²) in [6, 6.07) is 3.59. The quantitative estimate of drug-likeness (QED) is 0.720. The molecule has 1 aromatic rings. The minimum absolute atomic E-state index is 0.0206. The van der Waals surface area contributed by atoms with E-state index in [1.807, 2.05) is 0 Å². The standard InChI is InChI=1S/C12H11BrClF3O/c1-6(11(13)7(2)18)9-4-3-8(14)5-10(9)12(15,16)17/h3-6,11H,1-2H3. The van der Waals surface area contributed by atoms with Crippen molar-refractivity contribution < 1.29 is 18.0 Å². The SMILES string of the molecule is CC(=O)C(Br)C(C)c1ccc(Cl)cc1C(F)(F)F. The molecule has 0 spiro atoms. The van der Waals surface area contributed by atoms with Gasteiger partial charge < -0.3 is 0 Å². The maximum atomic E-state index is 12.9. The molecule has 0 aliphatic rings. The Balaban J connectivity index is 3.28. The van der Waals surface area contributed by atoms with Crippen LogP contribution in [0.25, 0.3) is 0 Å². The van der Waals surface area contributed by atoms with Crippen LogP contribution < -0.4 is 0 Å². The van der Waals surface area contributed by atoms with Crippen molar-refractivity contribution in [1.82, 2.24) is 0 Å². The summed E-state index contributed by atoms with van der Waals surface area (Å²) in [4.78, 5) is 10.6. The highest BCUT2D eigenvalue weighted by molar-refractivity contribution is 9.10. The molecule has 0 amide bonds. The van der Waals surface area contributed by atoms with Crippen LogP contribution in [-0.4, -0.2) is 10.6 Å². The molecule has 1 aromatic carbocycles. The summed E-state index contributed by atoms with van der Waals surface area (Å²) in [5.74, 6) is -0.804. The molecule has 0 saturated heterocycles. The highest BCUT2D eigenvalue weighted by Crippen LogP contribution is 2.38. The van der Waals surface area contributed by atoms with Crippen molar-refractivity contribution in [1.29, 1.82) is 0 Å². The normalized spacial score (nSPS) is 15.3. The molecule has 100 valence electrons. The van der Waals surface area contributed by atoms with E-state index in [9.17, 15) is 18.0 Å². The summed E-state index contributed by atoms with van der Waals surface area (Å²) in [6.07, 6.45) is -4.49. The molecule has 0 aliphatic heterocycles. The Morgan fingerprint density at radius 2 is 1.94 bits per heavy atom. The predicted molar refractivity (Wildman–Crippen MR) is 68.3 cm³/mol. The van der Waals surface area contributed by atoms with Crippen LogP contribution in [0.3, 0.4) is 0 Å². The first-order valence-corrected chi connectivity index (χ1v) is 6.45. The van der Waals surface area contributed by atoms with Gasteiger partial charge in [-0.1, -0.05) is 40.5 Å². The summed E-state index contributed by atoms with van der Waals surface area (Å²) < 4.78 is 38.7. The summed E-state index contributed by atoms with van der Waals surface area (Å²) in [5, 5.41) is 0.0206. The van der Waals surface area contributed by atoms with E-state index in [2.05, 4.69) is 15.9 Å². The van der Waals surface area contributed by atoms with Crippen molar-refractivity contribution in [3.8, 4) is 0 Å². The smallest absolute Gasteiger partial charge is 0.299 e. The molecule has 2 unspecified atom stereocenters. The molecule has 18 heavy (non-hydrogen) atoms. The molecule has 6 heteroatoms. The number of alkyl halides is 4. The van der Waals surface area contributed by atoms with E-state index in [1.165, 1.54) is 19.1 Å². The Kier molecular flexibility index (Phi) is 4.84. The largest absolute Gasteiger partial charge is 0.416 e. The highest BCUT2D eigenvalue weighted by Gasteiger charge is 2.36. The van der Waals surface area contributed by atoms with Crippen molar-refractivity contribution in [2.45, 2.75) is 30.8 Å². The lowest BCUT2D eigenvalue weighted by Crippen LogP contribution is -2.21. The molecule has 0 heterocycles. The van der Waals surface area contributed by atoms with Crippen LogP contribution in [0, 0.1) is 0 Å². The van der Waals surface area contributed by atoms with Crippen LogP contribution in [-0.2, 0) is 11.0 Å².